The molecule has 0 bridgehead atoms. The Labute approximate surface area is 161 Å². The van der Waals surface area contributed by atoms with Crippen LogP contribution in [0.4, 0.5) is 4.39 Å². The van der Waals surface area contributed by atoms with Crippen molar-refractivity contribution in [2.24, 2.45) is 0 Å². The molecule has 4 nitrogen and oxygen atoms in total. The minimum Gasteiger partial charge on any atom is -0.244 e. The maximum absolute atomic E-state index is 13.2. The van der Waals surface area contributed by atoms with E-state index in [0.717, 1.165) is 5.56 Å². The van der Waals surface area contributed by atoms with Crippen LogP contribution in [0.15, 0.2) is 88.8 Å². The van der Waals surface area contributed by atoms with Gasteiger partial charge >= 0.3 is 0 Å². The Morgan fingerprint density at radius 2 is 1.32 bits per heavy atom. The van der Waals surface area contributed by atoms with Gasteiger partial charge in [0.25, 0.3) is 0 Å². The van der Waals surface area contributed by atoms with E-state index in [-0.39, 0.29) is 21.4 Å². The lowest BCUT2D eigenvalue weighted by atomic mass is 10.2. The van der Waals surface area contributed by atoms with Crippen molar-refractivity contribution in [3.05, 3.63) is 95.9 Å². The van der Waals surface area contributed by atoms with Crippen LogP contribution < -0.4 is 0 Å². The van der Waals surface area contributed by atoms with Gasteiger partial charge in [0, 0.05) is 0 Å². The van der Waals surface area contributed by atoms with Gasteiger partial charge in [0.15, 0.2) is 5.03 Å². The van der Waals surface area contributed by atoms with Gasteiger partial charge in [0.1, 0.15) is 11.5 Å². The first-order valence-corrected chi connectivity index (χ1v) is 10.0. The summed E-state index contributed by atoms with van der Waals surface area (Å²) in [4.78, 5) is 9.03. The predicted molar refractivity (Wildman–Crippen MR) is 107 cm³/mol. The summed E-state index contributed by atoms with van der Waals surface area (Å²) in [5.41, 5.74) is 2.04. The van der Waals surface area contributed by atoms with Crippen molar-refractivity contribution in [2.75, 3.05) is 0 Å². The minimum absolute atomic E-state index is 0.115. The van der Waals surface area contributed by atoms with Crippen molar-refractivity contribution in [3.63, 3.8) is 0 Å². The second-order valence-electron chi connectivity index (χ2n) is 6.10. The largest absolute Gasteiger partial charge is 0.244 e. The van der Waals surface area contributed by atoms with Gasteiger partial charge in [0.2, 0.25) is 9.84 Å². The number of hydrogen-bond donors (Lipinski definition) is 0. The van der Waals surface area contributed by atoms with Crippen LogP contribution in [0.5, 0.6) is 0 Å². The first-order valence-electron chi connectivity index (χ1n) is 8.55. The summed E-state index contributed by atoms with van der Waals surface area (Å²) in [6, 6.07) is 21.1. The maximum atomic E-state index is 13.2. The van der Waals surface area contributed by atoms with Crippen molar-refractivity contribution in [3.8, 4) is 0 Å². The maximum Gasteiger partial charge on any atom is 0.226 e. The van der Waals surface area contributed by atoms with Crippen molar-refractivity contribution >= 4 is 33.0 Å². The summed E-state index contributed by atoms with van der Waals surface area (Å²) >= 11 is 0. The monoisotopic (exact) mass is 390 g/mol. The lowest BCUT2D eigenvalue weighted by Gasteiger charge is -2.08. The zero-order valence-electron chi connectivity index (χ0n) is 14.7. The number of nitrogens with zero attached hydrogens (tertiary/aromatic N) is 2. The molecule has 0 aliphatic heterocycles. The Bertz CT molecular complexity index is 1270. The van der Waals surface area contributed by atoms with Gasteiger partial charge in [-0.3, -0.25) is 0 Å². The normalized spacial score (nSPS) is 11.9. The van der Waals surface area contributed by atoms with Gasteiger partial charge in [-0.05, 0) is 48.0 Å². The van der Waals surface area contributed by atoms with E-state index in [1.165, 1.54) is 24.3 Å². The van der Waals surface area contributed by atoms with Crippen molar-refractivity contribution in [1.82, 2.24) is 9.97 Å². The van der Waals surface area contributed by atoms with E-state index in [4.69, 9.17) is 0 Å². The molecule has 0 fully saturated rings. The molecule has 0 aliphatic rings. The zero-order valence-corrected chi connectivity index (χ0v) is 15.5. The van der Waals surface area contributed by atoms with Crippen LogP contribution in [0.3, 0.4) is 0 Å². The van der Waals surface area contributed by atoms with E-state index in [9.17, 15) is 12.8 Å². The zero-order chi connectivity index (χ0) is 19.6. The van der Waals surface area contributed by atoms with E-state index in [1.807, 2.05) is 6.07 Å². The molecule has 0 N–H and O–H groups in total. The number of para-hydroxylation sites is 2. The number of rotatable bonds is 4. The number of aromatic nitrogens is 2. The second-order valence-corrected chi connectivity index (χ2v) is 7.97. The summed E-state index contributed by atoms with van der Waals surface area (Å²) in [6.07, 6.45) is 3.27. The molecule has 3 aromatic carbocycles. The number of halogens is 1. The third-order valence-corrected chi connectivity index (χ3v) is 5.88. The van der Waals surface area contributed by atoms with Gasteiger partial charge < -0.3 is 0 Å². The van der Waals surface area contributed by atoms with Gasteiger partial charge in [-0.2, -0.15) is 0 Å². The molecule has 28 heavy (non-hydrogen) atoms. The van der Waals surface area contributed by atoms with E-state index < -0.39 is 9.84 Å². The molecular formula is C22H15FN2O2S. The number of benzene rings is 3. The fourth-order valence-electron chi connectivity index (χ4n) is 2.76. The first kappa shape index (κ1) is 18.0. The smallest absolute Gasteiger partial charge is 0.226 e. The molecule has 4 aromatic rings. The molecule has 0 saturated heterocycles. The third kappa shape index (κ3) is 3.54. The van der Waals surface area contributed by atoms with Crippen molar-refractivity contribution < 1.29 is 12.8 Å². The predicted octanol–water partition coefficient (Wildman–Crippen LogP) is 4.77. The lowest BCUT2D eigenvalue weighted by molar-refractivity contribution is 0.592. The molecule has 0 aliphatic carbocycles. The highest BCUT2D eigenvalue weighted by atomic mass is 32.2. The molecule has 138 valence electrons. The standard InChI is InChI=1S/C22H15FN2O2S/c23-17-13-10-16(11-14-17)12-15-21-22(25-20-9-5-4-8-19(20)24-21)28(26,27)18-6-2-1-3-7-18/h1-15H/b15-12-. The number of hydrogen-bond acceptors (Lipinski definition) is 4. The Morgan fingerprint density at radius 3 is 2.00 bits per heavy atom. The lowest BCUT2D eigenvalue weighted by Crippen LogP contribution is -2.08. The van der Waals surface area contributed by atoms with Gasteiger partial charge in [-0.1, -0.05) is 48.5 Å². The summed E-state index contributed by atoms with van der Waals surface area (Å²) in [5.74, 6) is -0.338. The Hall–Kier alpha value is -3.38. The minimum atomic E-state index is -3.86. The fourth-order valence-corrected chi connectivity index (χ4v) is 4.11. The van der Waals surface area contributed by atoms with Crippen LogP contribution >= 0.6 is 0 Å². The summed E-state index contributed by atoms with van der Waals surface area (Å²) in [6.45, 7) is 0. The van der Waals surface area contributed by atoms with Crippen LogP contribution in [-0.2, 0) is 9.84 Å². The highest BCUT2D eigenvalue weighted by Crippen LogP contribution is 2.25. The highest BCUT2D eigenvalue weighted by molar-refractivity contribution is 7.91. The molecule has 4 rings (SSSR count). The van der Waals surface area contributed by atoms with Crippen LogP contribution in [-0.4, -0.2) is 18.4 Å². The van der Waals surface area contributed by atoms with E-state index >= 15 is 0 Å². The molecular weight excluding hydrogens is 375 g/mol. The summed E-state index contributed by atoms with van der Waals surface area (Å²) in [5, 5.41) is -0.115. The molecule has 6 heteroatoms. The number of sulfone groups is 1. The average Bonchev–Trinajstić information content (AvgIpc) is 2.73. The van der Waals surface area contributed by atoms with Crippen LogP contribution in [0.2, 0.25) is 0 Å². The molecule has 0 atom stereocenters. The molecule has 1 aromatic heterocycles. The van der Waals surface area contributed by atoms with Gasteiger partial charge in [-0.25, -0.2) is 22.8 Å². The van der Waals surface area contributed by atoms with Crippen molar-refractivity contribution in [2.45, 2.75) is 9.92 Å². The molecule has 0 amide bonds. The summed E-state index contributed by atoms with van der Waals surface area (Å²) in [7, 11) is -3.86. The van der Waals surface area contributed by atoms with Crippen LogP contribution in [0.25, 0.3) is 23.2 Å². The average molecular weight is 390 g/mol. The van der Waals surface area contributed by atoms with E-state index in [1.54, 1.807) is 60.7 Å². The Balaban J connectivity index is 1.89. The molecule has 0 saturated carbocycles. The molecule has 0 unspecified atom stereocenters. The Kier molecular flexibility index (Phi) is 4.71. The first-order chi connectivity index (χ1) is 13.5. The van der Waals surface area contributed by atoms with E-state index in [2.05, 4.69) is 9.97 Å². The second kappa shape index (κ2) is 7.32. The topological polar surface area (TPSA) is 59.9 Å². The SMILES string of the molecule is O=S(=O)(c1ccccc1)c1nc2ccccc2nc1/C=C\c1ccc(F)cc1. The molecule has 0 radical (unpaired) electrons. The van der Waals surface area contributed by atoms with Crippen LogP contribution in [0.1, 0.15) is 11.3 Å². The number of fused-ring (bicyclic) bond motifs is 1. The van der Waals surface area contributed by atoms with Gasteiger partial charge in [0.05, 0.1) is 15.9 Å². The summed E-state index contributed by atoms with van der Waals surface area (Å²) < 4.78 is 39.4. The van der Waals surface area contributed by atoms with E-state index in [0.29, 0.717) is 11.0 Å². The van der Waals surface area contributed by atoms with Crippen LogP contribution in [0, 0.1) is 5.82 Å². The third-order valence-electron chi connectivity index (χ3n) is 4.18. The van der Waals surface area contributed by atoms with Gasteiger partial charge in [-0.15, -0.1) is 0 Å². The van der Waals surface area contributed by atoms with Crippen molar-refractivity contribution in [1.29, 1.82) is 0 Å². The quantitative estimate of drug-likeness (QED) is 0.503. The molecule has 0 spiro atoms. The molecule has 1 heterocycles. The highest BCUT2D eigenvalue weighted by Gasteiger charge is 2.23. The Morgan fingerprint density at radius 1 is 0.714 bits per heavy atom. The fraction of sp³-hybridized carbons (Fsp3) is 0.